The van der Waals surface area contributed by atoms with Gasteiger partial charge in [0.15, 0.2) is 0 Å². The van der Waals surface area contributed by atoms with E-state index in [1.54, 1.807) is 17.0 Å². The van der Waals surface area contributed by atoms with Crippen molar-refractivity contribution in [3.8, 4) is 11.3 Å². The summed E-state index contributed by atoms with van der Waals surface area (Å²) in [6.45, 7) is 4.86. The number of nitrogens with zero attached hydrogens (tertiary/aromatic N) is 2. The number of hydrogen-bond acceptors (Lipinski definition) is 4. The number of rotatable bonds is 5. The lowest BCUT2D eigenvalue weighted by Crippen LogP contribution is -2.57. The molecule has 6 nitrogen and oxygen atoms in total. The molecule has 1 aliphatic rings. The first-order valence-electron chi connectivity index (χ1n) is 9.31. The molecule has 1 aromatic heterocycles. The van der Waals surface area contributed by atoms with Gasteiger partial charge in [-0.2, -0.15) is 0 Å². The van der Waals surface area contributed by atoms with Gasteiger partial charge in [-0.05, 0) is 43.5 Å². The van der Waals surface area contributed by atoms with Gasteiger partial charge in [-0.1, -0.05) is 25.1 Å². The summed E-state index contributed by atoms with van der Waals surface area (Å²) in [6.07, 6.45) is 1.11. The Hall–Kier alpha value is -2.73. The second-order valence-electron chi connectivity index (χ2n) is 6.71. The van der Waals surface area contributed by atoms with Crippen LogP contribution in [0.3, 0.4) is 0 Å². The second kappa shape index (κ2) is 8.31. The lowest BCUT2D eigenvalue weighted by atomic mass is 10.0. The molecule has 0 bridgehead atoms. The second-order valence-corrected chi connectivity index (χ2v) is 6.71. The Balaban J connectivity index is 1.82. The van der Waals surface area contributed by atoms with E-state index in [0.717, 1.165) is 23.4 Å². The summed E-state index contributed by atoms with van der Waals surface area (Å²) in [4.78, 5) is 31.1. The monoisotopic (exact) mass is 367 g/mol. The number of nitrogens with one attached hydrogen (secondary N) is 1. The van der Waals surface area contributed by atoms with Crippen molar-refractivity contribution in [2.45, 2.75) is 32.7 Å². The number of benzene rings is 1. The summed E-state index contributed by atoms with van der Waals surface area (Å²) in [5.41, 5.74) is 4.60. The molecule has 1 saturated heterocycles. The molecule has 2 aromatic rings. The fourth-order valence-corrected chi connectivity index (χ4v) is 3.41. The van der Waals surface area contributed by atoms with Gasteiger partial charge >= 0.3 is 0 Å². The van der Waals surface area contributed by atoms with Crippen LogP contribution in [0.1, 0.15) is 35.0 Å². The molecule has 2 N–H and O–H groups in total. The zero-order chi connectivity index (χ0) is 19.4. The SMILES string of the molecule is CCc1nc(-c2ccc(C(=O)N3CCNC(=O)[C@H]3CCO)cc2)ccc1C. The lowest BCUT2D eigenvalue weighted by molar-refractivity contribution is -0.128. The summed E-state index contributed by atoms with van der Waals surface area (Å²) < 4.78 is 0. The van der Waals surface area contributed by atoms with Gasteiger partial charge in [-0.3, -0.25) is 14.6 Å². The van der Waals surface area contributed by atoms with Gasteiger partial charge in [0, 0.05) is 36.5 Å². The summed E-state index contributed by atoms with van der Waals surface area (Å²) >= 11 is 0. The fraction of sp³-hybridized carbons (Fsp3) is 0.381. The fourth-order valence-electron chi connectivity index (χ4n) is 3.41. The highest BCUT2D eigenvalue weighted by molar-refractivity contribution is 5.98. The van der Waals surface area contributed by atoms with Crippen molar-refractivity contribution < 1.29 is 14.7 Å². The van der Waals surface area contributed by atoms with Crippen molar-refractivity contribution in [3.63, 3.8) is 0 Å². The van der Waals surface area contributed by atoms with Crippen LogP contribution in [-0.2, 0) is 11.2 Å². The molecule has 2 amide bonds. The van der Waals surface area contributed by atoms with Crippen LogP contribution in [0.4, 0.5) is 0 Å². The zero-order valence-corrected chi connectivity index (χ0v) is 15.7. The highest BCUT2D eigenvalue weighted by atomic mass is 16.3. The number of amides is 2. The van der Waals surface area contributed by atoms with E-state index in [0.29, 0.717) is 18.7 Å². The molecule has 0 radical (unpaired) electrons. The van der Waals surface area contributed by atoms with Crippen molar-refractivity contribution in [2.75, 3.05) is 19.7 Å². The van der Waals surface area contributed by atoms with Crippen LogP contribution in [0.25, 0.3) is 11.3 Å². The van der Waals surface area contributed by atoms with E-state index in [9.17, 15) is 14.7 Å². The quantitative estimate of drug-likeness (QED) is 0.846. The van der Waals surface area contributed by atoms with E-state index in [1.165, 1.54) is 5.56 Å². The molecule has 27 heavy (non-hydrogen) atoms. The zero-order valence-electron chi connectivity index (χ0n) is 15.7. The maximum atomic E-state index is 12.9. The molecule has 3 rings (SSSR count). The van der Waals surface area contributed by atoms with Crippen LogP contribution in [0, 0.1) is 6.92 Å². The molecule has 142 valence electrons. The third-order valence-electron chi connectivity index (χ3n) is 4.96. The molecule has 0 unspecified atom stereocenters. The van der Waals surface area contributed by atoms with Gasteiger partial charge in [-0.15, -0.1) is 0 Å². The predicted molar refractivity (Wildman–Crippen MR) is 103 cm³/mol. The molecule has 0 saturated carbocycles. The highest BCUT2D eigenvalue weighted by Crippen LogP contribution is 2.21. The largest absolute Gasteiger partial charge is 0.396 e. The molecule has 6 heteroatoms. The maximum absolute atomic E-state index is 12.9. The Morgan fingerprint density at radius 3 is 2.67 bits per heavy atom. The number of hydrogen-bond donors (Lipinski definition) is 2. The minimum absolute atomic E-state index is 0.139. The Morgan fingerprint density at radius 1 is 1.26 bits per heavy atom. The third-order valence-corrected chi connectivity index (χ3v) is 4.96. The van der Waals surface area contributed by atoms with Crippen LogP contribution >= 0.6 is 0 Å². The van der Waals surface area contributed by atoms with Crippen molar-refractivity contribution in [2.24, 2.45) is 0 Å². The van der Waals surface area contributed by atoms with Crippen LogP contribution in [0.2, 0.25) is 0 Å². The lowest BCUT2D eigenvalue weighted by Gasteiger charge is -2.34. The van der Waals surface area contributed by atoms with Crippen LogP contribution in [0.15, 0.2) is 36.4 Å². The summed E-state index contributed by atoms with van der Waals surface area (Å²) in [5, 5.41) is 12.0. The number of carbonyl (C=O) groups excluding carboxylic acids is 2. The molecule has 2 heterocycles. The molecular weight excluding hydrogens is 342 g/mol. The smallest absolute Gasteiger partial charge is 0.254 e. The van der Waals surface area contributed by atoms with Crippen molar-refractivity contribution in [1.29, 1.82) is 0 Å². The van der Waals surface area contributed by atoms with Gasteiger partial charge < -0.3 is 15.3 Å². The molecular formula is C21H25N3O3. The number of carbonyl (C=O) groups is 2. The maximum Gasteiger partial charge on any atom is 0.254 e. The van der Waals surface area contributed by atoms with Crippen molar-refractivity contribution >= 4 is 11.8 Å². The standard InChI is InChI=1S/C21H25N3O3/c1-3-17-14(2)4-9-18(23-17)15-5-7-16(8-6-15)21(27)24-12-11-22-20(26)19(24)10-13-25/h4-9,19,25H,3,10-13H2,1-2H3,(H,22,26)/t19-/m1/s1. The van der Waals surface area contributed by atoms with Crippen LogP contribution < -0.4 is 5.32 Å². The van der Waals surface area contributed by atoms with Gasteiger partial charge in [-0.25, -0.2) is 0 Å². The van der Waals surface area contributed by atoms with Gasteiger partial charge in [0.05, 0.1) is 5.69 Å². The van der Waals surface area contributed by atoms with E-state index in [4.69, 9.17) is 4.98 Å². The Kier molecular flexibility index (Phi) is 5.86. The minimum Gasteiger partial charge on any atom is -0.396 e. The number of aliphatic hydroxyl groups excluding tert-OH is 1. The molecule has 1 aliphatic heterocycles. The van der Waals surface area contributed by atoms with Gasteiger partial charge in [0.1, 0.15) is 6.04 Å². The van der Waals surface area contributed by atoms with Crippen molar-refractivity contribution in [1.82, 2.24) is 15.2 Å². The summed E-state index contributed by atoms with van der Waals surface area (Å²) in [6, 6.07) is 10.7. The average Bonchev–Trinajstić information content (AvgIpc) is 2.69. The minimum atomic E-state index is -0.623. The first-order chi connectivity index (χ1) is 13.0. The molecule has 1 atom stereocenters. The van der Waals surface area contributed by atoms with E-state index < -0.39 is 6.04 Å². The molecule has 1 fully saturated rings. The Labute approximate surface area is 159 Å². The van der Waals surface area contributed by atoms with Gasteiger partial charge in [0.2, 0.25) is 5.91 Å². The number of aryl methyl sites for hydroxylation is 2. The summed E-state index contributed by atoms with van der Waals surface area (Å²) in [5.74, 6) is -0.405. The Bertz CT molecular complexity index is 833. The highest BCUT2D eigenvalue weighted by Gasteiger charge is 2.32. The third kappa shape index (κ3) is 4.01. The van der Waals surface area contributed by atoms with Crippen LogP contribution in [0.5, 0.6) is 0 Å². The normalized spacial score (nSPS) is 16.9. The summed E-state index contributed by atoms with van der Waals surface area (Å²) in [7, 11) is 0. The first-order valence-corrected chi connectivity index (χ1v) is 9.31. The number of aliphatic hydroxyl groups is 1. The molecule has 1 aromatic carbocycles. The van der Waals surface area contributed by atoms with E-state index in [-0.39, 0.29) is 24.8 Å². The van der Waals surface area contributed by atoms with E-state index in [2.05, 4.69) is 25.2 Å². The van der Waals surface area contributed by atoms with E-state index in [1.807, 2.05) is 18.2 Å². The number of pyridine rings is 1. The predicted octanol–water partition coefficient (Wildman–Crippen LogP) is 1.94. The number of aromatic nitrogens is 1. The molecule has 0 spiro atoms. The average molecular weight is 367 g/mol. The van der Waals surface area contributed by atoms with E-state index >= 15 is 0 Å². The topological polar surface area (TPSA) is 82.5 Å². The molecule has 0 aliphatic carbocycles. The Morgan fingerprint density at radius 2 is 2.00 bits per heavy atom. The van der Waals surface area contributed by atoms with Gasteiger partial charge in [0.25, 0.3) is 5.91 Å². The number of piperazine rings is 1. The van der Waals surface area contributed by atoms with Crippen molar-refractivity contribution in [3.05, 3.63) is 53.2 Å². The first kappa shape index (κ1) is 19.0. The van der Waals surface area contributed by atoms with Crippen LogP contribution in [-0.4, -0.2) is 52.5 Å².